The molecule has 0 aliphatic heterocycles. The number of rotatable bonds is 4. The predicted molar refractivity (Wildman–Crippen MR) is 290 cm³/mol. The van der Waals surface area contributed by atoms with Gasteiger partial charge in [0.25, 0.3) is 0 Å². The van der Waals surface area contributed by atoms with Gasteiger partial charge in [0.2, 0.25) is 0 Å². The molecular weight excluding hydrogens is 869 g/mol. The van der Waals surface area contributed by atoms with Gasteiger partial charge in [-0.25, -0.2) is 0 Å². The number of hydrogen-bond acceptors (Lipinski definition) is 4. The van der Waals surface area contributed by atoms with E-state index in [2.05, 4.69) is 0 Å². The smallest absolute Gasteiger partial charge is 0.326 e. The number of carbonyl (C=O) groups excluding carboxylic acids is 2. The first-order chi connectivity index (χ1) is 35.2. The Morgan fingerprint density at radius 2 is 0.352 bits per heavy atom. The largest absolute Gasteiger partial charge is 0.465 e. The lowest BCUT2D eigenvalue weighted by atomic mass is 9.69. The summed E-state index contributed by atoms with van der Waals surface area (Å²) >= 11 is 0. The lowest BCUT2D eigenvalue weighted by Gasteiger charge is -2.30. The van der Waals surface area contributed by atoms with Crippen LogP contribution in [0.1, 0.15) is 36.1 Å². The first-order valence-electron chi connectivity index (χ1n) is 26.3. The predicted octanol–water partition coefficient (Wildman–Crippen LogP) is 16.4. The van der Waals surface area contributed by atoms with Gasteiger partial charge in [-0.2, -0.15) is 0 Å². The van der Waals surface area contributed by atoms with Crippen molar-refractivity contribution >= 4 is 303 Å². The van der Waals surface area contributed by atoms with Gasteiger partial charge in [-0.15, -0.1) is 0 Å². The zero-order valence-electron chi connectivity index (χ0n) is 36.5. The highest BCUT2D eigenvalue weighted by Gasteiger charge is 3.02. The zero-order valence-corrected chi connectivity index (χ0v) is 36.5. The van der Waals surface area contributed by atoms with Crippen molar-refractivity contribution in [2.45, 2.75) is 24.7 Å². The number of esters is 2. The van der Waals surface area contributed by atoms with Crippen LogP contribution >= 0.6 is 0 Å². The maximum absolute atomic E-state index is 16.6. The molecule has 2 unspecified atom stereocenters. The van der Waals surface area contributed by atoms with Crippen molar-refractivity contribution in [2.75, 3.05) is 13.2 Å². The van der Waals surface area contributed by atoms with Crippen LogP contribution in [0.15, 0.2) is 0 Å². The van der Waals surface area contributed by atoms with Crippen molar-refractivity contribution in [1.29, 1.82) is 0 Å². The SMILES string of the molecule is CCOC(=O)C1(C(=O)OCC)C23c4c5c6c7c8c9c(c%10c%11c2c2c%12c4c4c%13c5c5c7c7c8c8c%14c9c%10c9c%10c%11c2c2c%11c%12c4c4c%12c%13c5c5c7c7c8c8c%14c9c9c%10c2c2c%11c4c4c%12c5c7c5c8c9c2c45)C613. The number of carbonyl (C=O) groups is 2. The second-order valence-electron chi connectivity index (χ2n) is 25.4. The van der Waals surface area contributed by atoms with Crippen molar-refractivity contribution in [3.8, 4) is 0 Å². The Kier molecular flexibility index (Phi) is 2.27. The summed E-state index contributed by atoms with van der Waals surface area (Å²) in [5.74, 6) is -0.762. The minimum Gasteiger partial charge on any atom is -0.465 e. The molecule has 28 aromatic rings. The summed E-state index contributed by atoms with van der Waals surface area (Å²) in [6, 6.07) is 0. The highest BCUT2D eigenvalue weighted by Crippen LogP contribution is 2.97. The lowest BCUT2D eigenvalue weighted by molar-refractivity contribution is -0.166. The summed E-state index contributed by atoms with van der Waals surface area (Å²) < 4.78 is 13.2. The van der Waals surface area contributed by atoms with E-state index >= 15 is 9.59 Å². The third-order valence-corrected chi connectivity index (χ3v) is 25.5. The quantitative estimate of drug-likeness (QED) is 0.100. The maximum atomic E-state index is 16.6. The Morgan fingerprint density at radius 3 is 0.535 bits per heavy atom. The van der Waals surface area contributed by atoms with Crippen molar-refractivity contribution in [2.24, 2.45) is 5.41 Å². The Hall–Kier alpha value is -8.60. The summed E-state index contributed by atoms with van der Waals surface area (Å²) in [4.78, 5) is 33.2. The van der Waals surface area contributed by atoms with E-state index in [0.717, 1.165) is 0 Å². The highest BCUT2D eigenvalue weighted by molar-refractivity contribution is 6.82. The Labute approximate surface area is 385 Å². The summed E-state index contributed by atoms with van der Waals surface area (Å²) in [5.41, 5.74) is 1.42. The van der Waals surface area contributed by atoms with E-state index in [1.807, 2.05) is 13.8 Å². The molecular formula is C67H10O4. The minimum absolute atomic E-state index is 0.200. The van der Waals surface area contributed by atoms with E-state index in [4.69, 9.17) is 9.47 Å². The normalized spacial score (nSPS) is 22.7. The van der Waals surface area contributed by atoms with Crippen LogP contribution in [0.5, 0.6) is 0 Å². The fraction of sp³-hybridized carbons (Fsp3) is 0.104. The molecule has 2 atom stereocenters. The Bertz CT molecular complexity index is 7040. The molecule has 2 spiro atoms. The monoisotopic (exact) mass is 878 g/mol. The standard InChI is InChI=1S/C67H10O4/c1-3-70-63(68)67(64(69)71-4-2)65-59-52-45-33-25-16-7-5-6-8-11(7)20-27(25)35-36-28(20)26-17(8)19-15-10(6)13-12-9(5)14-18(16)31(33)39-37-23(14)21(12)29-30-22(13)24(15)38-40-32(19)34(26)46-48(36)57(56(59)47(35)45)60-53(46)51(40)55-44(38)42(30)49-41(29)43(37)54(50(39)52)61(65)58(49)62(55)66(60,65)67/h3-4H2,1-2H3. The van der Waals surface area contributed by atoms with Crippen LogP contribution in [0, 0.1) is 5.41 Å². The van der Waals surface area contributed by atoms with E-state index in [1.165, 1.54) is 216 Å². The molecule has 28 aromatic carbocycles. The third kappa shape index (κ3) is 1.36. The summed E-state index contributed by atoms with van der Waals surface area (Å²) in [5, 5.41) is 80.4. The van der Waals surface area contributed by atoms with Crippen molar-refractivity contribution < 1.29 is 19.1 Å². The summed E-state index contributed by atoms with van der Waals surface area (Å²) in [7, 11) is 0. The first kappa shape index (κ1) is 27.0. The van der Waals surface area contributed by atoms with Crippen LogP contribution in [0.2, 0.25) is 0 Å². The first-order valence-corrected chi connectivity index (χ1v) is 26.3. The number of benzene rings is 17. The molecule has 1 saturated carbocycles. The molecule has 0 aromatic heterocycles. The van der Waals surface area contributed by atoms with Crippen molar-refractivity contribution in [1.82, 2.24) is 0 Å². The average molecular weight is 879 g/mol. The van der Waals surface area contributed by atoms with E-state index in [0.29, 0.717) is 0 Å². The van der Waals surface area contributed by atoms with Crippen LogP contribution < -0.4 is 0 Å². The van der Waals surface area contributed by atoms with Gasteiger partial charge in [0.15, 0.2) is 5.41 Å². The van der Waals surface area contributed by atoms with Gasteiger partial charge in [0.05, 0.1) is 24.0 Å². The molecule has 0 radical (unpaired) electrons. The minimum atomic E-state index is -1.65. The number of ether oxygens (including phenoxy) is 2. The number of hydrogen-bond donors (Lipinski definition) is 0. The average Bonchev–Trinajstić information content (AvgIpc) is 3.65. The van der Waals surface area contributed by atoms with Crippen LogP contribution in [-0.2, 0) is 29.9 Å². The molecule has 302 valence electrons. The fourth-order valence-corrected chi connectivity index (χ4v) is 25.7. The van der Waals surface area contributed by atoms with Gasteiger partial charge in [-0.3, -0.25) is 9.59 Å². The van der Waals surface area contributed by atoms with Crippen LogP contribution in [0.3, 0.4) is 0 Å². The molecule has 0 heterocycles. The van der Waals surface area contributed by atoms with Gasteiger partial charge in [0, 0.05) is 0 Å². The molecule has 5 aliphatic carbocycles. The molecule has 4 nitrogen and oxygen atoms in total. The highest BCUT2D eigenvalue weighted by atomic mass is 16.6. The van der Waals surface area contributed by atoms with E-state index in [1.54, 1.807) is 97.0 Å². The van der Waals surface area contributed by atoms with E-state index in [9.17, 15) is 0 Å². The molecule has 5 aliphatic rings. The second-order valence-corrected chi connectivity index (χ2v) is 25.4. The molecule has 0 N–H and O–H groups in total. The van der Waals surface area contributed by atoms with Crippen LogP contribution in [0.4, 0.5) is 0 Å². The van der Waals surface area contributed by atoms with Crippen LogP contribution in [-0.4, -0.2) is 25.2 Å². The van der Waals surface area contributed by atoms with Gasteiger partial charge in [-0.05, 0) is 327 Å². The van der Waals surface area contributed by atoms with Crippen molar-refractivity contribution in [3.05, 3.63) is 22.3 Å². The van der Waals surface area contributed by atoms with Gasteiger partial charge >= 0.3 is 11.9 Å². The maximum Gasteiger partial charge on any atom is 0.326 e. The second kappa shape index (κ2) is 5.99. The van der Waals surface area contributed by atoms with Gasteiger partial charge < -0.3 is 9.47 Å². The Morgan fingerprint density at radius 1 is 0.225 bits per heavy atom. The molecule has 71 heavy (non-hydrogen) atoms. The Balaban J connectivity index is 1.19. The van der Waals surface area contributed by atoms with Crippen molar-refractivity contribution in [3.63, 3.8) is 0 Å². The van der Waals surface area contributed by atoms with Gasteiger partial charge in [-0.1, -0.05) is 0 Å². The molecule has 0 amide bonds. The molecule has 33 rings (SSSR count). The van der Waals surface area contributed by atoms with E-state index < -0.39 is 16.2 Å². The van der Waals surface area contributed by atoms with Gasteiger partial charge in [0.1, 0.15) is 0 Å². The molecule has 1 fully saturated rings. The summed E-state index contributed by atoms with van der Waals surface area (Å²) in [6.07, 6.45) is 0. The summed E-state index contributed by atoms with van der Waals surface area (Å²) in [6.45, 7) is 4.27. The molecule has 0 saturated heterocycles. The molecule has 0 bridgehead atoms. The fourth-order valence-electron chi connectivity index (χ4n) is 25.7. The lowest BCUT2D eigenvalue weighted by Crippen LogP contribution is -2.40. The van der Waals surface area contributed by atoms with Crippen LogP contribution in [0.25, 0.3) is 291 Å². The van der Waals surface area contributed by atoms with E-state index in [-0.39, 0.29) is 25.2 Å². The molecule has 4 heteroatoms. The third-order valence-electron chi connectivity index (χ3n) is 25.5. The zero-order chi connectivity index (χ0) is 43.0. The topological polar surface area (TPSA) is 52.6 Å².